The molecule has 0 atom stereocenters. The number of carbonyl (C=O) groups is 1. The highest BCUT2D eigenvalue weighted by molar-refractivity contribution is 9.10. The molecule has 0 bridgehead atoms. The molecule has 0 saturated heterocycles. The summed E-state index contributed by atoms with van der Waals surface area (Å²) >= 11 is 3.31. The lowest BCUT2D eigenvalue weighted by molar-refractivity contribution is 0.0953. The number of hydrogen-bond acceptors (Lipinski definition) is 3. The molecule has 20 heavy (non-hydrogen) atoms. The Morgan fingerprint density at radius 2 is 1.90 bits per heavy atom. The maximum Gasteiger partial charge on any atom is 0.252 e. The van der Waals surface area contributed by atoms with E-state index in [0.29, 0.717) is 28.7 Å². The topological polar surface area (TPSA) is 75.4 Å². The molecule has 0 saturated carbocycles. The minimum absolute atomic E-state index is 0.164. The Morgan fingerprint density at radius 3 is 2.60 bits per heavy atom. The molecule has 0 unspecified atom stereocenters. The van der Waals surface area contributed by atoms with Crippen LogP contribution in [-0.2, 0) is 6.42 Å². The summed E-state index contributed by atoms with van der Waals surface area (Å²) in [6, 6.07) is 12.1. The van der Waals surface area contributed by atoms with Gasteiger partial charge in [-0.2, -0.15) is 0 Å². The van der Waals surface area contributed by atoms with E-state index < -0.39 is 0 Å². The average Bonchev–Trinajstić information content (AvgIpc) is 2.44. The predicted molar refractivity (Wildman–Crippen MR) is 82.7 cm³/mol. The molecule has 2 aromatic rings. The fraction of sp³-hybridized carbons (Fsp3) is 0.133. The van der Waals surface area contributed by atoms with Gasteiger partial charge in [-0.25, -0.2) is 0 Å². The number of halogens is 1. The molecule has 0 spiro atoms. The fourth-order valence-electron chi connectivity index (χ4n) is 1.80. The monoisotopic (exact) mass is 334 g/mol. The summed E-state index contributed by atoms with van der Waals surface area (Å²) in [5.41, 5.74) is 7.85. The van der Waals surface area contributed by atoms with Gasteiger partial charge in [0.25, 0.3) is 5.91 Å². The van der Waals surface area contributed by atoms with Gasteiger partial charge in [0.05, 0.1) is 10.0 Å². The second-order valence-corrected chi connectivity index (χ2v) is 5.17. The highest BCUT2D eigenvalue weighted by Gasteiger charge is 2.10. The minimum atomic E-state index is -0.164. The molecular weight excluding hydrogens is 320 g/mol. The summed E-state index contributed by atoms with van der Waals surface area (Å²) in [5, 5.41) is 12.0. The van der Waals surface area contributed by atoms with E-state index >= 15 is 0 Å². The Labute approximate surface area is 125 Å². The largest absolute Gasteiger partial charge is 0.508 e. The van der Waals surface area contributed by atoms with Crippen LogP contribution in [0.2, 0.25) is 0 Å². The number of nitrogens with two attached hydrogens (primary N) is 1. The van der Waals surface area contributed by atoms with E-state index in [1.54, 1.807) is 30.3 Å². The van der Waals surface area contributed by atoms with E-state index in [9.17, 15) is 9.90 Å². The van der Waals surface area contributed by atoms with Crippen LogP contribution in [-0.4, -0.2) is 17.6 Å². The number of nitrogens with one attached hydrogen (secondary N) is 1. The van der Waals surface area contributed by atoms with Gasteiger partial charge in [0.1, 0.15) is 5.75 Å². The van der Waals surface area contributed by atoms with E-state index in [2.05, 4.69) is 21.2 Å². The predicted octanol–water partition coefficient (Wildman–Crippen LogP) is 2.71. The maximum absolute atomic E-state index is 12.0. The molecule has 0 aromatic heterocycles. The first kappa shape index (κ1) is 14.4. The Hall–Kier alpha value is -2.01. The summed E-state index contributed by atoms with van der Waals surface area (Å²) < 4.78 is 0.613. The van der Waals surface area contributed by atoms with E-state index in [-0.39, 0.29) is 11.7 Å². The van der Waals surface area contributed by atoms with Crippen LogP contribution in [0.25, 0.3) is 0 Å². The van der Waals surface area contributed by atoms with Crippen molar-refractivity contribution >= 4 is 27.5 Å². The highest BCUT2D eigenvalue weighted by Crippen LogP contribution is 2.23. The third kappa shape index (κ3) is 3.51. The van der Waals surface area contributed by atoms with Crippen LogP contribution in [0, 0.1) is 0 Å². The molecule has 2 rings (SSSR count). The zero-order valence-corrected chi connectivity index (χ0v) is 12.4. The van der Waals surface area contributed by atoms with Crippen LogP contribution < -0.4 is 11.1 Å². The van der Waals surface area contributed by atoms with Gasteiger partial charge in [0, 0.05) is 12.2 Å². The van der Waals surface area contributed by atoms with Crippen LogP contribution in [0.3, 0.4) is 0 Å². The lowest BCUT2D eigenvalue weighted by Gasteiger charge is -2.08. The number of amides is 1. The van der Waals surface area contributed by atoms with E-state index in [4.69, 9.17) is 5.73 Å². The number of benzene rings is 2. The normalized spacial score (nSPS) is 10.2. The number of nitrogen functional groups attached to an aromatic ring is 1. The molecule has 2 aromatic carbocycles. The third-order valence-electron chi connectivity index (χ3n) is 2.91. The number of hydrogen-bond donors (Lipinski definition) is 3. The van der Waals surface area contributed by atoms with Gasteiger partial charge < -0.3 is 16.2 Å². The Morgan fingerprint density at radius 1 is 1.20 bits per heavy atom. The fourth-order valence-corrected chi connectivity index (χ4v) is 2.25. The van der Waals surface area contributed by atoms with Crippen molar-refractivity contribution < 1.29 is 9.90 Å². The molecule has 0 radical (unpaired) electrons. The van der Waals surface area contributed by atoms with Crippen LogP contribution in [0.4, 0.5) is 5.69 Å². The molecule has 104 valence electrons. The van der Waals surface area contributed by atoms with Gasteiger partial charge >= 0.3 is 0 Å². The Kier molecular flexibility index (Phi) is 4.63. The highest BCUT2D eigenvalue weighted by atomic mass is 79.9. The minimum Gasteiger partial charge on any atom is -0.508 e. The molecule has 4 N–H and O–H groups in total. The second kappa shape index (κ2) is 6.43. The summed E-state index contributed by atoms with van der Waals surface area (Å²) in [4.78, 5) is 12.0. The number of phenolic OH excluding ortho intramolecular Hbond substituents is 1. The first-order chi connectivity index (χ1) is 9.58. The standard InChI is InChI=1S/C15H15BrN2O2/c16-14-12(2-1-3-13(14)17)15(20)18-9-8-10-4-6-11(19)7-5-10/h1-7,19H,8-9,17H2,(H,18,20). The lowest BCUT2D eigenvalue weighted by Crippen LogP contribution is -2.26. The smallest absolute Gasteiger partial charge is 0.252 e. The SMILES string of the molecule is Nc1cccc(C(=O)NCCc2ccc(O)cc2)c1Br. The van der Waals surface area contributed by atoms with Crippen molar-refractivity contribution in [3.63, 3.8) is 0 Å². The molecular formula is C15H15BrN2O2. The van der Waals surface area contributed by atoms with Gasteiger partial charge in [-0.05, 0) is 52.2 Å². The van der Waals surface area contributed by atoms with E-state index in [1.807, 2.05) is 12.1 Å². The zero-order valence-electron chi connectivity index (χ0n) is 10.8. The first-order valence-corrected chi connectivity index (χ1v) is 6.97. The molecule has 0 aliphatic rings. The molecule has 4 nitrogen and oxygen atoms in total. The van der Waals surface area contributed by atoms with E-state index in [0.717, 1.165) is 5.56 Å². The van der Waals surface area contributed by atoms with Crippen LogP contribution in [0.15, 0.2) is 46.9 Å². The van der Waals surface area contributed by atoms with Crippen molar-refractivity contribution in [2.75, 3.05) is 12.3 Å². The summed E-state index contributed by atoms with van der Waals surface area (Å²) in [6.45, 7) is 0.519. The quantitative estimate of drug-likeness (QED) is 0.752. The van der Waals surface area contributed by atoms with Crippen LogP contribution in [0.5, 0.6) is 5.75 Å². The summed E-state index contributed by atoms with van der Waals surface area (Å²) in [7, 11) is 0. The Bertz CT molecular complexity index is 612. The van der Waals surface area contributed by atoms with Crippen molar-refractivity contribution in [3.8, 4) is 5.75 Å². The molecule has 1 amide bonds. The van der Waals surface area contributed by atoms with Gasteiger partial charge in [-0.3, -0.25) is 4.79 Å². The van der Waals surface area contributed by atoms with Crippen molar-refractivity contribution in [2.45, 2.75) is 6.42 Å². The molecule has 5 heteroatoms. The average molecular weight is 335 g/mol. The van der Waals surface area contributed by atoms with Gasteiger partial charge in [-0.1, -0.05) is 18.2 Å². The number of aromatic hydroxyl groups is 1. The zero-order chi connectivity index (χ0) is 14.5. The number of carbonyl (C=O) groups excluding carboxylic acids is 1. The second-order valence-electron chi connectivity index (χ2n) is 4.38. The number of anilines is 1. The first-order valence-electron chi connectivity index (χ1n) is 6.18. The number of rotatable bonds is 4. The van der Waals surface area contributed by atoms with Crippen molar-refractivity contribution in [3.05, 3.63) is 58.1 Å². The molecule has 0 fully saturated rings. The van der Waals surface area contributed by atoms with Gasteiger partial charge in [0.2, 0.25) is 0 Å². The number of phenols is 1. The van der Waals surface area contributed by atoms with Gasteiger partial charge in [-0.15, -0.1) is 0 Å². The summed E-state index contributed by atoms with van der Waals surface area (Å²) in [5.74, 6) is 0.0735. The van der Waals surface area contributed by atoms with Crippen molar-refractivity contribution in [1.82, 2.24) is 5.32 Å². The van der Waals surface area contributed by atoms with Crippen LogP contribution >= 0.6 is 15.9 Å². The summed E-state index contributed by atoms with van der Waals surface area (Å²) in [6.07, 6.45) is 0.700. The van der Waals surface area contributed by atoms with Crippen molar-refractivity contribution in [1.29, 1.82) is 0 Å². The molecule has 0 aliphatic carbocycles. The maximum atomic E-state index is 12.0. The van der Waals surface area contributed by atoms with E-state index in [1.165, 1.54) is 0 Å². The van der Waals surface area contributed by atoms with Crippen LogP contribution in [0.1, 0.15) is 15.9 Å². The third-order valence-corrected chi connectivity index (χ3v) is 3.79. The Balaban J connectivity index is 1.92. The van der Waals surface area contributed by atoms with Crippen molar-refractivity contribution in [2.24, 2.45) is 0 Å². The molecule has 0 heterocycles. The lowest BCUT2D eigenvalue weighted by atomic mass is 10.1. The van der Waals surface area contributed by atoms with Gasteiger partial charge in [0.15, 0.2) is 0 Å². The molecule has 0 aliphatic heterocycles.